The van der Waals surface area contributed by atoms with Gasteiger partial charge in [0.25, 0.3) is 0 Å². The van der Waals surface area contributed by atoms with E-state index in [1.165, 1.54) is 18.7 Å². The van der Waals surface area contributed by atoms with Gasteiger partial charge in [-0.15, -0.1) is 0 Å². The molecule has 0 bridgehead atoms. The molecule has 0 fully saturated rings. The van der Waals surface area contributed by atoms with Gasteiger partial charge in [-0.05, 0) is 52.0 Å². The fraction of sp³-hybridized carbons (Fsp3) is 0.444. The number of hydrogen-bond donors (Lipinski definition) is 1. The quantitative estimate of drug-likeness (QED) is 0.736. The molecule has 1 amide bonds. The Morgan fingerprint density at radius 2 is 1.89 bits per heavy atom. The van der Waals surface area contributed by atoms with Crippen LogP contribution < -0.4 is 14.4 Å². The second kappa shape index (κ2) is 8.53. The van der Waals surface area contributed by atoms with E-state index in [-0.39, 0.29) is 35.8 Å². The van der Waals surface area contributed by atoms with Crippen LogP contribution in [0, 0.1) is 13.8 Å². The SMILES string of the molecule is CC(=O)N(CCNS(=O)(=O)c1c(C)noc1C)c1ccc(OC(C)C)cc1. The molecule has 1 aromatic heterocycles. The van der Waals surface area contributed by atoms with Gasteiger partial charge in [0.1, 0.15) is 16.3 Å². The minimum absolute atomic E-state index is 0.0343. The van der Waals surface area contributed by atoms with E-state index in [4.69, 9.17) is 9.26 Å². The molecule has 0 aliphatic heterocycles. The predicted molar refractivity (Wildman–Crippen MR) is 101 cm³/mol. The van der Waals surface area contributed by atoms with E-state index in [0.29, 0.717) is 17.1 Å². The normalized spacial score (nSPS) is 11.6. The van der Waals surface area contributed by atoms with Gasteiger partial charge in [-0.1, -0.05) is 5.16 Å². The summed E-state index contributed by atoms with van der Waals surface area (Å²) in [5.74, 6) is 0.740. The number of nitrogens with one attached hydrogen (secondary N) is 1. The van der Waals surface area contributed by atoms with Crippen LogP contribution in [0.5, 0.6) is 5.75 Å². The number of hydrogen-bond acceptors (Lipinski definition) is 6. The lowest BCUT2D eigenvalue weighted by Gasteiger charge is -2.22. The van der Waals surface area contributed by atoms with Crippen molar-refractivity contribution >= 4 is 21.6 Å². The lowest BCUT2D eigenvalue weighted by atomic mass is 10.2. The zero-order valence-corrected chi connectivity index (χ0v) is 17.0. The van der Waals surface area contributed by atoms with Crippen LogP contribution >= 0.6 is 0 Å². The number of aromatic nitrogens is 1. The van der Waals surface area contributed by atoms with Gasteiger partial charge in [-0.25, -0.2) is 13.1 Å². The number of sulfonamides is 1. The third kappa shape index (κ3) is 5.30. The van der Waals surface area contributed by atoms with Crippen molar-refractivity contribution in [3.05, 3.63) is 35.7 Å². The van der Waals surface area contributed by atoms with Gasteiger partial charge in [-0.2, -0.15) is 0 Å². The molecule has 0 aliphatic rings. The maximum atomic E-state index is 12.4. The number of rotatable bonds is 8. The number of nitrogens with zero attached hydrogens (tertiary/aromatic N) is 2. The average Bonchev–Trinajstić information content (AvgIpc) is 2.91. The summed E-state index contributed by atoms with van der Waals surface area (Å²) < 4.78 is 37.9. The van der Waals surface area contributed by atoms with Crippen molar-refractivity contribution in [2.24, 2.45) is 0 Å². The van der Waals surface area contributed by atoms with Crippen molar-refractivity contribution in [3.8, 4) is 5.75 Å². The minimum Gasteiger partial charge on any atom is -0.491 e. The largest absolute Gasteiger partial charge is 0.491 e. The first-order valence-corrected chi connectivity index (χ1v) is 10.1. The van der Waals surface area contributed by atoms with Crippen molar-refractivity contribution in [1.82, 2.24) is 9.88 Å². The first-order chi connectivity index (χ1) is 12.6. The summed E-state index contributed by atoms with van der Waals surface area (Å²) in [6, 6.07) is 7.09. The van der Waals surface area contributed by atoms with E-state index in [9.17, 15) is 13.2 Å². The second-order valence-corrected chi connectivity index (χ2v) is 8.09. The van der Waals surface area contributed by atoms with Crippen molar-refractivity contribution in [1.29, 1.82) is 0 Å². The first kappa shape index (κ1) is 20.9. The number of benzene rings is 1. The molecular weight excluding hydrogens is 370 g/mol. The third-order valence-corrected chi connectivity index (χ3v) is 5.47. The molecule has 8 nitrogen and oxygen atoms in total. The number of ether oxygens (including phenoxy) is 1. The van der Waals surface area contributed by atoms with Gasteiger partial charge in [0, 0.05) is 25.7 Å². The molecule has 0 atom stereocenters. The number of anilines is 1. The lowest BCUT2D eigenvalue weighted by Crippen LogP contribution is -2.37. The highest BCUT2D eigenvalue weighted by molar-refractivity contribution is 7.89. The molecule has 0 saturated heterocycles. The molecule has 0 radical (unpaired) electrons. The van der Waals surface area contributed by atoms with E-state index < -0.39 is 10.0 Å². The van der Waals surface area contributed by atoms with E-state index >= 15 is 0 Å². The van der Waals surface area contributed by atoms with Crippen LogP contribution in [0.15, 0.2) is 33.7 Å². The topological polar surface area (TPSA) is 102 Å². The van der Waals surface area contributed by atoms with Gasteiger partial charge in [0.15, 0.2) is 5.76 Å². The Kier molecular flexibility index (Phi) is 6.61. The zero-order chi connectivity index (χ0) is 20.2. The van der Waals surface area contributed by atoms with E-state index in [1.54, 1.807) is 31.2 Å². The molecule has 27 heavy (non-hydrogen) atoms. The van der Waals surface area contributed by atoms with Crippen LogP contribution in [0.3, 0.4) is 0 Å². The summed E-state index contributed by atoms with van der Waals surface area (Å²) in [6.45, 7) is 8.63. The molecule has 1 aromatic carbocycles. The van der Waals surface area contributed by atoms with Crippen molar-refractivity contribution in [2.45, 2.75) is 45.6 Å². The Morgan fingerprint density at radius 3 is 2.37 bits per heavy atom. The van der Waals surface area contributed by atoms with E-state index in [2.05, 4.69) is 9.88 Å². The highest BCUT2D eigenvalue weighted by Gasteiger charge is 2.24. The molecule has 9 heteroatoms. The highest BCUT2D eigenvalue weighted by Crippen LogP contribution is 2.21. The summed E-state index contributed by atoms with van der Waals surface area (Å²) >= 11 is 0. The van der Waals surface area contributed by atoms with Crippen LogP contribution in [0.1, 0.15) is 32.2 Å². The standard InChI is InChI=1S/C18H25N3O5S/c1-12(2)25-17-8-6-16(7-9-17)21(15(5)22)11-10-19-27(23,24)18-13(3)20-26-14(18)4/h6-9,12,19H,10-11H2,1-5H3. The molecule has 1 heterocycles. The lowest BCUT2D eigenvalue weighted by molar-refractivity contribution is -0.116. The van der Waals surface area contributed by atoms with Crippen molar-refractivity contribution < 1.29 is 22.5 Å². The van der Waals surface area contributed by atoms with Crippen molar-refractivity contribution in [3.63, 3.8) is 0 Å². The molecule has 0 spiro atoms. The number of aryl methyl sites for hydroxylation is 2. The highest BCUT2D eigenvalue weighted by atomic mass is 32.2. The summed E-state index contributed by atoms with van der Waals surface area (Å²) in [5.41, 5.74) is 0.958. The number of carbonyl (C=O) groups is 1. The van der Waals surface area contributed by atoms with Crippen LogP contribution in [0.25, 0.3) is 0 Å². The fourth-order valence-electron chi connectivity index (χ4n) is 2.67. The molecule has 0 aliphatic carbocycles. The molecule has 2 aromatic rings. The summed E-state index contributed by atoms with van der Waals surface area (Å²) in [4.78, 5) is 13.5. The van der Waals surface area contributed by atoms with Gasteiger partial charge >= 0.3 is 0 Å². The maximum Gasteiger partial charge on any atom is 0.246 e. The maximum absolute atomic E-state index is 12.4. The minimum atomic E-state index is -3.77. The fourth-order valence-corrected chi connectivity index (χ4v) is 4.01. The van der Waals surface area contributed by atoms with Gasteiger partial charge in [-0.3, -0.25) is 4.79 Å². The molecular formula is C18H25N3O5S. The smallest absolute Gasteiger partial charge is 0.246 e. The monoisotopic (exact) mass is 395 g/mol. The molecule has 0 saturated carbocycles. The Morgan fingerprint density at radius 1 is 1.26 bits per heavy atom. The average molecular weight is 395 g/mol. The molecule has 2 rings (SSSR count). The van der Waals surface area contributed by atoms with Crippen molar-refractivity contribution in [2.75, 3.05) is 18.0 Å². The molecule has 1 N–H and O–H groups in total. The number of carbonyl (C=O) groups excluding carboxylic acids is 1. The molecule has 0 unspecified atom stereocenters. The first-order valence-electron chi connectivity index (χ1n) is 8.59. The van der Waals surface area contributed by atoms with Crippen LogP contribution in [-0.4, -0.2) is 38.7 Å². The van der Waals surface area contributed by atoms with Gasteiger partial charge in [0.2, 0.25) is 15.9 Å². The summed E-state index contributed by atoms with van der Waals surface area (Å²) in [7, 11) is -3.77. The Bertz CT molecular complexity index is 869. The Labute approximate surface area is 159 Å². The number of amides is 1. The summed E-state index contributed by atoms with van der Waals surface area (Å²) in [6.07, 6.45) is 0.0542. The van der Waals surface area contributed by atoms with Crippen LogP contribution in [-0.2, 0) is 14.8 Å². The second-order valence-electron chi connectivity index (χ2n) is 6.38. The third-order valence-electron chi connectivity index (χ3n) is 3.76. The Hall–Kier alpha value is -2.39. The van der Waals surface area contributed by atoms with Gasteiger partial charge in [0.05, 0.1) is 6.10 Å². The van der Waals surface area contributed by atoms with E-state index in [1.807, 2.05) is 13.8 Å². The van der Waals surface area contributed by atoms with E-state index in [0.717, 1.165) is 0 Å². The summed E-state index contributed by atoms with van der Waals surface area (Å²) in [5, 5.41) is 3.66. The zero-order valence-electron chi connectivity index (χ0n) is 16.1. The van der Waals surface area contributed by atoms with Crippen LogP contribution in [0.2, 0.25) is 0 Å². The Balaban J connectivity index is 2.06. The molecule has 148 valence electrons. The predicted octanol–water partition coefficient (Wildman–Crippen LogP) is 2.41. The van der Waals surface area contributed by atoms with Gasteiger partial charge < -0.3 is 14.2 Å². The van der Waals surface area contributed by atoms with Crippen LogP contribution in [0.4, 0.5) is 5.69 Å².